The molecule has 0 saturated heterocycles. The van der Waals surface area contributed by atoms with E-state index in [4.69, 9.17) is 4.11 Å². The van der Waals surface area contributed by atoms with Gasteiger partial charge in [0, 0.05) is 35.9 Å². The maximum absolute atomic E-state index is 9.78. The monoisotopic (exact) mass is 656 g/mol. The molecule has 0 radical (unpaired) electrons. The molecule has 2 heterocycles. The Balaban J connectivity index is 1.33. The SMILES string of the molecule is [2H]C1(c2ccc([Si](C)(C)c3cccc4c3Sc3ccccc3C4(C)C([2H])([2H])[2H])cc2-c2cccc3c2Sc2ccccc2C3(C)C)CCCC1. The van der Waals surface area contributed by atoms with Gasteiger partial charge in [-0.05, 0) is 75.0 Å². The van der Waals surface area contributed by atoms with Crippen molar-refractivity contribution in [3.63, 3.8) is 0 Å². The number of benzene rings is 5. The second-order valence-electron chi connectivity index (χ2n) is 14.5. The zero-order valence-electron chi connectivity index (χ0n) is 31.5. The molecule has 232 valence electrons. The van der Waals surface area contributed by atoms with Gasteiger partial charge < -0.3 is 0 Å². The van der Waals surface area contributed by atoms with Crippen LogP contribution in [0.2, 0.25) is 13.1 Å². The molecule has 5 aromatic carbocycles. The van der Waals surface area contributed by atoms with Crippen LogP contribution in [0.3, 0.4) is 0 Å². The van der Waals surface area contributed by atoms with E-state index in [1.54, 1.807) is 11.8 Å². The van der Waals surface area contributed by atoms with E-state index in [1.165, 1.54) is 42.4 Å². The van der Waals surface area contributed by atoms with Crippen molar-refractivity contribution in [1.29, 1.82) is 0 Å². The van der Waals surface area contributed by atoms with Gasteiger partial charge in [0.1, 0.15) is 8.07 Å². The van der Waals surface area contributed by atoms with Gasteiger partial charge in [0.15, 0.2) is 0 Å². The van der Waals surface area contributed by atoms with Gasteiger partial charge in [-0.3, -0.25) is 0 Å². The molecular weight excluding hydrogens is 609 g/mol. The molecular formula is C43H44S2Si. The Morgan fingerprint density at radius 1 is 0.652 bits per heavy atom. The molecule has 1 fully saturated rings. The highest BCUT2D eigenvalue weighted by atomic mass is 32.2. The summed E-state index contributed by atoms with van der Waals surface area (Å²) in [6.45, 7) is 9.20. The molecule has 0 amide bonds. The number of fused-ring (bicyclic) bond motifs is 4. The van der Waals surface area contributed by atoms with Crippen LogP contribution in [0.1, 0.15) is 92.5 Å². The highest BCUT2D eigenvalue weighted by Crippen LogP contribution is 2.53. The summed E-state index contributed by atoms with van der Waals surface area (Å²) in [6, 6.07) is 37.1. The average molecular weight is 657 g/mol. The molecule has 0 N–H and O–H groups in total. The van der Waals surface area contributed by atoms with Gasteiger partial charge in [0.2, 0.25) is 0 Å². The standard InChI is InChI=1S/C43H44S2Si/c1-42(2)33-18-9-11-22-37(33)44-40-31(17-13-20-35(40)42)32-27-29(25-26-30(32)28-15-7-8-16-28)46(5,6)39-24-14-21-36-41(39)45-38-23-12-10-19-34(38)43(36,3)4/h9-14,17-28H,7-8,15-16H2,1-6H3/i3D3,28D. The van der Waals surface area contributed by atoms with Crippen LogP contribution < -0.4 is 10.4 Å². The fourth-order valence-corrected chi connectivity index (χ4v) is 14.4. The largest absolute Gasteiger partial charge is 0.113 e. The molecule has 8 rings (SSSR count). The zero-order valence-corrected chi connectivity index (χ0v) is 30.1. The number of rotatable bonds is 4. The summed E-state index contributed by atoms with van der Waals surface area (Å²) in [5.74, 6) is -0.609. The lowest BCUT2D eigenvalue weighted by atomic mass is 9.76. The number of hydrogen-bond acceptors (Lipinski definition) is 2. The first-order chi connectivity index (χ1) is 23.7. The fraction of sp³-hybridized carbons (Fsp3) is 0.302. The van der Waals surface area contributed by atoms with E-state index in [1.807, 2.05) is 43.0 Å². The van der Waals surface area contributed by atoms with Crippen molar-refractivity contribution >= 4 is 42.0 Å². The molecule has 0 nitrogen and oxygen atoms in total. The Labute approximate surface area is 291 Å². The zero-order chi connectivity index (χ0) is 35.3. The van der Waals surface area contributed by atoms with E-state index in [0.29, 0.717) is 0 Å². The second-order valence-corrected chi connectivity index (χ2v) is 21.0. The Morgan fingerprint density at radius 2 is 1.24 bits per heavy atom. The lowest BCUT2D eigenvalue weighted by molar-refractivity contribution is 0.608. The highest BCUT2D eigenvalue weighted by molar-refractivity contribution is 8.00. The van der Waals surface area contributed by atoms with Crippen molar-refractivity contribution in [2.75, 3.05) is 0 Å². The van der Waals surface area contributed by atoms with Crippen LogP contribution in [-0.4, -0.2) is 8.07 Å². The van der Waals surface area contributed by atoms with Crippen molar-refractivity contribution in [2.24, 2.45) is 0 Å². The maximum atomic E-state index is 9.78. The third kappa shape index (κ3) is 4.64. The van der Waals surface area contributed by atoms with Crippen molar-refractivity contribution in [3.05, 3.63) is 131 Å². The quantitative estimate of drug-likeness (QED) is 0.177. The smallest absolute Gasteiger partial charge is 0.0896 e. The minimum absolute atomic E-state index is 0.142. The number of hydrogen-bond donors (Lipinski definition) is 0. The van der Waals surface area contributed by atoms with Crippen LogP contribution >= 0.6 is 23.5 Å². The molecule has 3 heteroatoms. The van der Waals surface area contributed by atoms with Crippen molar-refractivity contribution in [2.45, 2.75) is 103 Å². The molecule has 0 aromatic heterocycles. The summed E-state index contributed by atoms with van der Waals surface area (Å²) in [7, 11) is -2.42. The van der Waals surface area contributed by atoms with Crippen LogP contribution in [0.25, 0.3) is 11.1 Å². The van der Waals surface area contributed by atoms with Gasteiger partial charge in [-0.15, -0.1) is 0 Å². The molecule has 1 unspecified atom stereocenters. The maximum Gasteiger partial charge on any atom is 0.113 e. The Bertz CT molecular complexity index is 2160. The van der Waals surface area contributed by atoms with E-state index in [0.717, 1.165) is 52.2 Å². The van der Waals surface area contributed by atoms with E-state index in [9.17, 15) is 1.37 Å². The van der Waals surface area contributed by atoms with Crippen LogP contribution in [0.5, 0.6) is 0 Å². The van der Waals surface area contributed by atoms with Gasteiger partial charge in [0.25, 0.3) is 0 Å². The molecule has 1 saturated carbocycles. The molecule has 3 aliphatic rings. The van der Waals surface area contributed by atoms with Crippen LogP contribution in [0.15, 0.2) is 123 Å². The van der Waals surface area contributed by atoms with E-state index >= 15 is 0 Å². The molecule has 0 spiro atoms. The normalized spacial score (nSPS) is 22.3. The van der Waals surface area contributed by atoms with Crippen molar-refractivity contribution < 1.29 is 5.48 Å². The van der Waals surface area contributed by atoms with Gasteiger partial charge in [-0.25, -0.2) is 0 Å². The van der Waals surface area contributed by atoms with E-state index < -0.39 is 26.2 Å². The van der Waals surface area contributed by atoms with Crippen molar-refractivity contribution in [3.8, 4) is 11.1 Å². The lowest BCUT2D eigenvalue weighted by Gasteiger charge is -2.38. The third-order valence-corrected chi connectivity index (χ3v) is 17.1. The van der Waals surface area contributed by atoms with E-state index in [-0.39, 0.29) is 5.41 Å². The second kappa shape index (κ2) is 11.0. The predicted molar refractivity (Wildman–Crippen MR) is 202 cm³/mol. The average Bonchev–Trinajstić information content (AvgIpc) is 3.54. The van der Waals surface area contributed by atoms with Crippen molar-refractivity contribution in [1.82, 2.24) is 0 Å². The highest BCUT2D eigenvalue weighted by Gasteiger charge is 2.39. The minimum atomic E-state index is -2.42. The van der Waals surface area contributed by atoms with Crippen LogP contribution in [0, 0.1) is 0 Å². The van der Waals surface area contributed by atoms with Gasteiger partial charge in [-0.2, -0.15) is 0 Å². The first-order valence-corrected chi connectivity index (χ1v) is 21.3. The molecule has 2 aliphatic heterocycles. The van der Waals surface area contributed by atoms with Gasteiger partial charge in [-0.1, -0.05) is 173 Å². The molecule has 1 aliphatic carbocycles. The fourth-order valence-electron chi connectivity index (χ4n) is 8.13. The first kappa shape index (κ1) is 26.0. The Hall–Kier alpha value is -2.98. The first-order valence-electron chi connectivity index (χ1n) is 18.7. The summed E-state index contributed by atoms with van der Waals surface area (Å²) in [5.41, 5.74) is 6.80. The summed E-state index contributed by atoms with van der Waals surface area (Å²) < 4.78 is 36.1. The molecule has 5 aromatic rings. The third-order valence-electron chi connectivity index (χ3n) is 10.9. The molecule has 0 bridgehead atoms. The molecule has 46 heavy (non-hydrogen) atoms. The van der Waals surface area contributed by atoms with Crippen LogP contribution in [-0.2, 0) is 10.8 Å². The van der Waals surface area contributed by atoms with Crippen LogP contribution in [0.4, 0.5) is 0 Å². The summed E-state index contributed by atoms with van der Waals surface area (Å²) in [4.78, 5) is 4.73. The lowest BCUT2D eigenvalue weighted by Crippen LogP contribution is -2.54. The summed E-state index contributed by atoms with van der Waals surface area (Å²) >= 11 is 3.61. The van der Waals surface area contributed by atoms with Gasteiger partial charge in [0.05, 0.1) is 0 Å². The molecule has 1 atom stereocenters. The summed E-state index contributed by atoms with van der Waals surface area (Å²) in [5, 5.41) is 2.57. The Kier molecular flexibility index (Phi) is 6.25. The summed E-state index contributed by atoms with van der Waals surface area (Å²) in [6.07, 6.45) is 3.94. The van der Waals surface area contributed by atoms with Gasteiger partial charge >= 0.3 is 0 Å². The minimum Gasteiger partial charge on any atom is -0.0896 e. The van der Waals surface area contributed by atoms with E-state index in [2.05, 4.69) is 106 Å². The Morgan fingerprint density at radius 3 is 1.93 bits per heavy atom. The predicted octanol–water partition coefficient (Wildman–Crippen LogP) is 11.4. The topological polar surface area (TPSA) is 0 Å².